The van der Waals surface area contributed by atoms with Gasteiger partial charge in [0.1, 0.15) is 24.6 Å². The molecule has 3 aromatic carbocycles. The maximum Gasteiger partial charge on any atom is 0.172 e. The highest BCUT2D eigenvalue weighted by Gasteiger charge is 2.57. The summed E-state index contributed by atoms with van der Waals surface area (Å²) in [5.41, 5.74) is 2.75. The molecule has 2 unspecified atom stereocenters. The zero-order chi connectivity index (χ0) is 29.6. The maximum atomic E-state index is 6.92. The summed E-state index contributed by atoms with van der Waals surface area (Å²) in [5, 5.41) is 2.27. The topological polar surface area (TPSA) is 52.7 Å². The molecule has 0 saturated carbocycles. The Morgan fingerprint density at radius 1 is 0.810 bits per heavy atom. The second-order valence-electron chi connectivity index (χ2n) is 12.4. The van der Waals surface area contributed by atoms with Gasteiger partial charge in [0.15, 0.2) is 5.79 Å². The van der Waals surface area contributed by atoms with Crippen molar-refractivity contribution in [2.75, 3.05) is 13.2 Å². The molecule has 0 bridgehead atoms. The fourth-order valence-corrected chi connectivity index (χ4v) is 6.28. The standard InChI is InChI=1S/C36H47NO5/c1-6-35(7-2)27-36(40-22-29-14-10-8-11-15-29,41-23-30-16-12-9-13-17-30)26-34(4,5)37(35)42-28(3)31-18-20-32(21-19-31)38-24-33-25-39-33/h8-21,28,33H,6-7,22-27H2,1-5H3. The summed E-state index contributed by atoms with van der Waals surface area (Å²) in [6.07, 6.45) is 3.29. The van der Waals surface area contributed by atoms with E-state index in [9.17, 15) is 0 Å². The molecule has 0 N–H and O–H groups in total. The molecule has 3 aromatic rings. The molecule has 5 rings (SSSR count). The van der Waals surface area contributed by atoms with Crippen molar-refractivity contribution in [2.45, 2.75) is 103 Å². The quantitative estimate of drug-likeness (QED) is 0.144. The lowest BCUT2D eigenvalue weighted by Gasteiger charge is -2.60. The lowest BCUT2D eigenvalue weighted by atomic mass is 9.73. The van der Waals surface area contributed by atoms with Gasteiger partial charge in [0.25, 0.3) is 0 Å². The minimum absolute atomic E-state index is 0.134. The van der Waals surface area contributed by atoms with Crippen LogP contribution in [0.4, 0.5) is 0 Å². The van der Waals surface area contributed by atoms with Gasteiger partial charge in [-0.3, -0.25) is 4.84 Å². The van der Waals surface area contributed by atoms with Crippen LogP contribution in [0.2, 0.25) is 0 Å². The SMILES string of the molecule is CCC1(CC)CC(OCc2ccccc2)(OCc2ccccc2)CC(C)(C)N1OC(C)c1ccc(OCC2CO2)cc1. The number of benzene rings is 3. The predicted octanol–water partition coefficient (Wildman–Crippen LogP) is 8.02. The van der Waals surface area contributed by atoms with Crippen LogP contribution in [-0.2, 0) is 32.3 Å². The number of epoxide rings is 1. The molecular weight excluding hydrogens is 526 g/mol. The molecule has 2 fully saturated rings. The minimum atomic E-state index is -0.769. The molecule has 0 radical (unpaired) electrons. The van der Waals surface area contributed by atoms with Gasteiger partial charge in [0.2, 0.25) is 0 Å². The number of piperidine rings is 1. The number of ether oxygens (including phenoxy) is 4. The Morgan fingerprint density at radius 3 is 1.86 bits per heavy atom. The Kier molecular flexibility index (Phi) is 9.70. The predicted molar refractivity (Wildman–Crippen MR) is 165 cm³/mol. The molecule has 2 aliphatic rings. The van der Waals surface area contributed by atoms with Crippen LogP contribution < -0.4 is 4.74 Å². The fraction of sp³-hybridized carbons (Fsp3) is 0.500. The van der Waals surface area contributed by atoms with Crippen LogP contribution in [-0.4, -0.2) is 41.2 Å². The van der Waals surface area contributed by atoms with Crippen molar-refractivity contribution in [1.82, 2.24) is 5.06 Å². The van der Waals surface area contributed by atoms with Crippen molar-refractivity contribution in [1.29, 1.82) is 0 Å². The van der Waals surface area contributed by atoms with Gasteiger partial charge in [0, 0.05) is 18.4 Å². The highest BCUT2D eigenvalue weighted by Crippen LogP contribution is 2.50. The van der Waals surface area contributed by atoms with Crippen molar-refractivity contribution in [3.63, 3.8) is 0 Å². The van der Waals surface area contributed by atoms with E-state index in [0.29, 0.717) is 32.7 Å². The number of nitrogens with zero attached hydrogens (tertiary/aromatic N) is 1. The van der Waals surface area contributed by atoms with E-state index in [-0.39, 0.29) is 23.3 Å². The molecule has 2 atom stereocenters. The molecular formula is C36H47NO5. The van der Waals surface area contributed by atoms with Crippen molar-refractivity contribution in [2.24, 2.45) is 0 Å². The zero-order valence-electron chi connectivity index (χ0n) is 25.9. The third-order valence-corrected chi connectivity index (χ3v) is 8.74. The second kappa shape index (κ2) is 13.3. The van der Waals surface area contributed by atoms with Crippen LogP contribution in [0.15, 0.2) is 84.9 Å². The van der Waals surface area contributed by atoms with Crippen molar-refractivity contribution >= 4 is 0 Å². The minimum Gasteiger partial charge on any atom is -0.491 e. The third kappa shape index (κ3) is 7.42. The first-order valence-corrected chi connectivity index (χ1v) is 15.4. The number of rotatable bonds is 14. The van der Waals surface area contributed by atoms with E-state index in [1.165, 1.54) is 0 Å². The lowest BCUT2D eigenvalue weighted by molar-refractivity contribution is -0.379. The number of hydrogen-bond donors (Lipinski definition) is 0. The van der Waals surface area contributed by atoms with Crippen molar-refractivity contribution in [3.8, 4) is 5.75 Å². The maximum absolute atomic E-state index is 6.92. The van der Waals surface area contributed by atoms with Crippen molar-refractivity contribution < 1.29 is 23.8 Å². The Hall–Kier alpha value is -2.74. The second-order valence-corrected chi connectivity index (χ2v) is 12.4. The van der Waals surface area contributed by atoms with Gasteiger partial charge < -0.3 is 18.9 Å². The molecule has 2 heterocycles. The summed E-state index contributed by atoms with van der Waals surface area (Å²) < 4.78 is 24.8. The first kappa shape index (κ1) is 30.7. The zero-order valence-corrected chi connectivity index (χ0v) is 25.9. The van der Waals surface area contributed by atoms with E-state index in [2.05, 4.69) is 100 Å². The first-order chi connectivity index (χ1) is 20.3. The smallest absolute Gasteiger partial charge is 0.172 e. The van der Waals surface area contributed by atoms with Gasteiger partial charge >= 0.3 is 0 Å². The van der Waals surface area contributed by atoms with Crippen LogP contribution in [0.25, 0.3) is 0 Å². The molecule has 6 heteroatoms. The van der Waals surface area contributed by atoms with Crippen molar-refractivity contribution in [3.05, 3.63) is 102 Å². The van der Waals surface area contributed by atoms with Crippen LogP contribution in [0, 0.1) is 0 Å². The summed E-state index contributed by atoms with van der Waals surface area (Å²) in [6.45, 7) is 13.5. The first-order valence-electron chi connectivity index (χ1n) is 15.4. The van der Waals surface area contributed by atoms with E-state index in [1.54, 1.807) is 0 Å². The molecule has 2 saturated heterocycles. The van der Waals surface area contributed by atoms with Crippen LogP contribution in [0.5, 0.6) is 5.75 Å². The summed E-state index contributed by atoms with van der Waals surface area (Å²) in [4.78, 5) is 6.92. The summed E-state index contributed by atoms with van der Waals surface area (Å²) in [5.74, 6) is 0.0845. The van der Waals surface area contributed by atoms with E-state index < -0.39 is 5.79 Å². The average molecular weight is 574 g/mol. The van der Waals surface area contributed by atoms with E-state index in [4.69, 9.17) is 23.8 Å². The molecule has 226 valence electrons. The fourth-order valence-electron chi connectivity index (χ4n) is 6.28. The van der Waals surface area contributed by atoms with Crippen LogP contribution in [0.3, 0.4) is 0 Å². The highest BCUT2D eigenvalue weighted by atomic mass is 16.7. The van der Waals surface area contributed by atoms with E-state index >= 15 is 0 Å². The van der Waals surface area contributed by atoms with E-state index in [1.807, 2.05) is 24.3 Å². The highest BCUT2D eigenvalue weighted by molar-refractivity contribution is 5.28. The third-order valence-electron chi connectivity index (χ3n) is 8.74. The van der Waals surface area contributed by atoms with Gasteiger partial charge in [-0.1, -0.05) is 86.6 Å². The van der Waals surface area contributed by atoms with Crippen LogP contribution >= 0.6 is 0 Å². The van der Waals surface area contributed by atoms with Gasteiger partial charge in [-0.2, -0.15) is 5.06 Å². The molecule has 2 aliphatic heterocycles. The number of hydrogen-bond acceptors (Lipinski definition) is 6. The molecule has 0 spiro atoms. The molecule has 0 amide bonds. The largest absolute Gasteiger partial charge is 0.491 e. The van der Waals surface area contributed by atoms with Gasteiger partial charge in [0.05, 0.1) is 25.4 Å². The van der Waals surface area contributed by atoms with Crippen LogP contribution in [0.1, 0.15) is 83.1 Å². The monoisotopic (exact) mass is 573 g/mol. The summed E-state index contributed by atoms with van der Waals surface area (Å²) in [7, 11) is 0. The lowest BCUT2D eigenvalue weighted by Crippen LogP contribution is -2.68. The molecule has 6 nitrogen and oxygen atoms in total. The molecule has 42 heavy (non-hydrogen) atoms. The Morgan fingerprint density at radius 2 is 1.36 bits per heavy atom. The van der Waals surface area contributed by atoms with Gasteiger partial charge in [-0.25, -0.2) is 0 Å². The van der Waals surface area contributed by atoms with Gasteiger partial charge in [-0.05, 0) is 62.4 Å². The Bertz CT molecular complexity index is 1200. The average Bonchev–Trinajstić information content (AvgIpc) is 3.85. The summed E-state index contributed by atoms with van der Waals surface area (Å²) >= 11 is 0. The normalized spacial score (nSPS) is 21.5. The summed E-state index contributed by atoms with van der Waals surface area (Å²) in [6, 6.07) is 29.0. The van der Waals surface area contributed by atoms with Gasteiger partial charge in [-0.15, -0.1) is 0 Å². The molecule has 0 aromatic heterocycles. The Labute approximate surface area is 251 Å². The van der Waals surface area contributed by atoms with E-state index in [0.717, 1.165) is 41.9 Å². The number of hydroxylamine groups is 2. The molecule has 0 aliphatic carbocycles. The Balaban J connectivity index is 1.37.